The Morgan fingerprint density at radius 1 is 1.13 bits per heavy atom. The number of aromatic nitrogens is 6. The third-order valence-corrected chi connectivity index (χ3v) is 4.81. The van der Waals surface area contributed by atoms with Gasteiger partial charge in [0.15, 0.2) is 0 Å². The number of H-pyrrole nitrogens is 1. The van der Waals surface area contributed by atoms with Gasteiger partial charge in [-0.05, 0) is 29.0 Å². The molecule has 10 nitrogen and oxygen atoms in total. The fraction of sp³-hybridized carbons (Fsp3) is 0.100. The normalized spacial score (nSPS) is 16.1. The molecule has 1 saturated heterocycles. The Labute approximate surface area is 169 Å². The van der Waals surface area contributed by atoms with Crippen LogP contribution in [0.25, 0.3) is 22.4 Å². The molecule has 1 unspecified atom stereocenters. The molecule has 2 aromatic heterocycles. The Kier molecular flexibility index (Phi) is 4.00. The highest BCUT2D eigenvalue weighted by atomic mass is 16.2. The second-order valence-corrected chi connectivity index (χ2v) is 6.64. The number of nitrogens with zero attached hydrogens (tertiary/aromatic N) is 6. The average Bonchev–Trinajstić information content (AvgIpc) is 3.46. The lowest BCUT2D eigenvalue weighted by Crippen LogP contribution is -2.29. The number of anilines is 1. The van der Waals surface area contributed by atoms with Gasteiger partial charge in [-0.25, -0.2) is 9.78 Å². The molecule has 146 valence electrons. The summed E-state index contributed by atoms with van der Waals surface area (Å²) in [5.74, 6) is 2.47. The van der Waals surface area contributed by atoms with Crippen molar-refractivity contribution in [1.82, 2.24) is 35.5 Å². The van der Waals surface area contributed by atoms with Crippen LogP contribution in [-0.2, 0) is 11.3 Å². The fourth-order valence-corrected chi connectivity index (χ4v) is 3.43. The van der Waals surface area contributed by atoms with Gasteiger partial charge >= 0.3 is 6.03 Å². The summed E-state index contributed by atoms with van der Waals surface area (Å²) < 4.78 is 0. The van der Waals surface area contributed by atoms with Crippen LogP contribution in [0.5, 0.6) is 0 Å². The van der Waals surface area contributed by atoms with Crippen molar-refractivity contribution in [3.63, 3.8) is 0 Å². The molecule has 0 aliphatic carbocycles. The van der Waals surface area contributed by atoms with E-state index in [1.807, 2.05) is 6.07 Å². The molecular formula is C20H14N8O2. The van der Waals surface area contributed by atoms with Crippen LogP contribution in [0.1, 0.15) is 11.6 Å². The number of carbonyl (C=O) groups is 2. The van der Waals surface area contributed by atoms with E-state index in [4.69, 9.17) is 6.42 Å². The first-order chi connectivity index (χ1) is 14.6. The molecule has 1 atom stereocenters. The Morgan fingerprint density at radius 3 is 2.77 bits per heavy atom. The molecule has 3 amide bonds. The minimum atomic E-state index is -0.798. The number of amides is 3. The number of imidazole rings is 1. The van der Waals surface area contributed by atoms with Gasteiger partial charge in [0.1, 0.15) is 12.6 Å². The molecule has 1 aliphatic rings. The Hall–Kier alpha value is -4.52. The number of rotatable bonds is 4. The van der Waals surface area contributed by atoms with E-state index in [1.165, 1.54) is 9.70 Å². The van der Waals surface area contributed by atoms with E-state index in [-0.39, 0.29) is 6.54 Å². The number of hydrogen-bond donors (Lipinski definition) is 2. The first kappa shape index (κ1) is 17.6. The van der Waals surface area contributed by atoms with Crippen molar-refractivity contribution < 1.29 is 9.59 Å². The van der Waals surface area contributed by atoms with Gasteiger partial charge in [0.05, 0.1) is 17.4 Å². The molecule has 2 aromatic carbocycles. The number of tetrazole rings is 1. The Bertz CT molecular complexity index is 1310. The highest BCUT2D eigenvalue weighted by Crippen LogP contribution is 2.33. The number of urea groups is 1. The molecule has 0 radical (unpaired) electrons. The van der Waals surface area contributed by atoms with Crippen LogP contribution in [0.2, 0.25) is 0 Å². The maximum Gasteiger partial charge on any atom is 0.329 e. The zero-order valence-electron chi connectivity index (χ0n) is 15.5. The van der Waals surface area contributed by atoms with Crippen LogP contribution in [0.4, 0.5) is 10.5 Å². The highest BCUT2D eigenvalue weighted by Gasteiger charge is 2.40. The molecule has 1 aliphatic heterocycles. The largest absolute Gasteiger partial charge is 0.345 e. The van der Waals surface area contributed by atoms with E-state index in [0.717, 1.165) is 11.1 Å². The zero-order valence-corrected chi connectivity index (χ0v) is 15.5. The first-order valence-corrected chi connectivity index (χ1v) is 9.03. The summed E-state index contributed by atoms with van der Waals surface area (Å²) in [6.45, 7) is 0.227. The lowest BCUT2D eigenvalue weighted by atomic mass is 10.0. The Balaban J connectivity index is 1.48. The van der Waals surface area contributed by atoms with Crippen LogP contribution < -0.4 is 10.2 Å². The van der Waals surface area contributed by atoms with E-state index in [1.54, 1.807) is 42.7 Å². The maximum absolute atomic E-state index is 12.6. The topological polar surface area (TPSA) is 122 Å². The summed E-state index contributed by atoms with van der Waals surface area (Å²) in [5.41, 5.74) is 3.49. The minimum absolute atomic E-state index is 0.227. The fourth-order valence-electron chi connectivity index (χ4n) is 3.43. The van der Waals surface area contributed by atoms with Gasteiger partial charge < -0.3 is 4.98 Å². The predicted octanol–water partition coefficient (Wildman–Crippen LogP) is 1.65. The summed E-state index contributed by atoms with van der Waals surface area (Å²) in [7, 11) is 0. The molecule has 4 aromatic rings. The van der Waals surface area contributed by atoms with Gasteiger partial charge in [-0.3, -0.25) is 15.0 Å². The van der Waals surface area contributed by atoms with Crippen molar-refractivity contribution in [3.8, 4) is 23.7 Å². The summed E-state index contributed by atoms with van der Waals surface area (Å²) in [6, 6.07) is 11.2. The van der Waals surface area contributed by atoms with Crippen molar-refractivity contribution in [2.24, 2.45) is 0 Å². The van der Waals surface area contributed by atoms with Gasteiger partial charge in [0.25, 0.3) is 5.91 Å². The molecule has 30 heavy (non-hydrogen) atoms. The SMILES string of the molecule is C#CCn1nnc(-c2ccc(C3C(=O)NC(=O)N3c3ccc4[nH]cnc4c3)cc2)n1. The van der Waals surface area contributed by atoms with E-state index in [2.05, 4.69) is 36.6 Å². The quantitative estimate of drug-likeness (QED) is 0.398. The van der Waals surface area contributed by atoms with Crippen molar-refractivity contribution in [2.75, 3.05) is 4.90 Å². The van der Waals surface area contributed by atoms with Crippen LogP contribution in [0.15, 0.2) is 48.8 Å². The number of aromatic amines is 1. The number of nitrogens with one attached hydrogen (secondary N) is 2. The number of terminal acetylenes is 1. The number of carbonyl (C=O) groups excluding carboxylic acids is 2. The molecule has 5 rings (SSSR count). The second-order valence-electron chi connectivity index (χ2n) is 6.64. The summed E-state index contributed by atoms with van der Waals surface area (Å²) in [5, 5.41) is 14.5. The predicted molar refractivity (Wildman–Crippen MR) is 107 cm³/mol. The summed E-state index contributed by atoms with van der Waals surface area (Å²) in [4.78, 5) is 35.0. The maximum atomic E-state index is 12.6. The molecule has 0 spiro atoms. The summed E-state index contributed by atoms with van der Waals surface area (Å²) in [6.07, 6.45) is 6.83. The number of benzene rings is 2. The second kappa shape index (κ2) is 6.82. The zero-order chi connectivity index (χ0) is 20.7. The number of imide groups is 1. The Morgan fingerprint density at radius 2 is 1.97 bits per heavy atom. The minimum Gasteiger partial charge on any atom is -0.345 e. The van der Waals surface area contributed by atoms with Crippen molar-refractivity contribution in [1.29, 1.82) is 0 Å². The van der Waals surface area contributed by atoms with Crippen LogP contribution >= 0.6 is 0 Å². The van der Waals surface area contributed by atoms with Gasteiger partial charge in [0, 0.05) is 11.3 Å². The van der Waals surface area contributed by atoms with Gasteiger partial charge in [-0.2, -0.15) is 4.80 Å². The van der Waals surface area contributed by atoms with Gasteiger partial charge in [0.2, 0.25) is 5.82 Å². The molecule has 10 heteroatoms. The van der Waals surface area contributed by atoms with Crippen molar-refractivity contribution in [3.05, 3.63) is 54.4 Å². The first-order valence-electron chi connectivity index (χ1n) is 9.03. The van der Waals surface area contributed by atoms with Crippen molar-refractivity contribution >= 4 is 28.7 Å². The monoisotopic (exact) mass is 398 g/mol. The number of hydrogen-bond acceptors (Lipinski definition) is 6. The van der Waals surface area contributed by atoms with Crippen molar-refractivity contribution in [2.45, 2.75) is 12.6 Å². The molecule has 2 N–H and O–H groups in total. The third-order valence-electron chi connectivity index (χ3n) is 4.81. The molecule has 0 bridgehead atoms. The third kappa shape index (κ3) is 2.85. The average molecular weight is 398 g/mol. The standard InChI is InChI=1S/C20H14N8O2/c1-2-9-27-25-18(24-26-27)13-5-3-12(4-6-13)17-19(29)23-20(30)28(17)14-7-8-15-16(10-14)22-11-21-15/h1,3-8,10-11,17H,9H2,(H,21,22)(H,23,29,30). The highest BCUT2D eigenvalue weighted by molar-refractivity contribution is 6.14. The molecule has 1 fully saturated rings. The lowest BCUT2D eigenvalue weighted by molar-refractivity contribution is -0.119. The summed E-state index contributed by atoms with van der Waals surface area (Å²) >= 11 is 0. The van der Waals surface area contributed by atoms with E-state index in [9.17, 15) is 9.59 Å². The van der Waals surface area contributed by atoms with E-state index >= 15 is 0 Å². The van der Waals surface area contributed by atoms with Crippen LogP contribution in [-0.4, -0.2) is 42.1 Å². The van der Waals surface area contributed by atoms with Gasteiger partial charge in [-0.1, -0.05) is 30.2 Å². The van der Waals surface area contributed by atoms with Crippen LogP contribution in [0, 0.1) is 12.3 Å². The smallest absolute Gasteiger partial charge is 0.329 e. The lowest BCUT2D eigenvalue weighted by Gasteiger charge is -2.22. The van der Waals surface area contributed by atoms with Crippen LogP contribution in [0.3, 0.4) is 0 Å². The molecule has 0 saturated carbocycles. The number of fused-ring (bicyclic) bond motifs is 1. The molecule has 3 heterocycles. The molecular weight excluding hydrogens is 384 g/mol. The van der Waals surface area contributed by atoms with Gasteiger partial charge in [-0.15, -0.1) is 16.6 Å². The van der Waals surface area contributed by atoms with E-state index < -0.39 is 18.0 Å². The van der Waals surface area contributed by atoms with E-state index in [0.29, 0.717) is 22.6 Å².